The molecule has 2 saturated carbocycles. The van der Waals surface area contributed by atoms with Crippen molar-refractivity contribution in [1.82, 2.24) is 5.32 Å². The van der Waals surface area contributed by atoms with Crippen molar-refractivity contribution in [2.75, 3.05) is 0 Å². The van der Waals surface area contributed by atoms with Crippen molar-refractivity contribution < 1.29 is 4.79 Å². The van der Waals surface area contributed by atoms with E-state index in [4.69, 9.17) is 5.73 Å². The van der Waals surface area contributed by atoms with Crippen molar-refractivity contribution in [3.05, 3.63) is 0 Å². The van der Waals surface area contributed by atoms with Gasteiger partial charge in [0.2, 0.25) is 5.91 Å². The molecule has 2 aliphatic rings. The van der Waals surface area contributed by atoms with E-state index in [-0.39, 0.29) is 5.91 Å². The van der Waals surface area contributed by atoms with Gasteiger partial charge in [-0.05, 0) is 50.4 Å². The fraction of sp³-hybridized carbons (Fsp3) is 0.929. The van der Waals surface area contributed by atoms with Gasteiger partial charge in [-0.15, -0.1) is 0 Å². The molecule has 0 spiro atoms. The van der Waals surface area contributed by atoms with Gasteiger partial charge in [0, 0.05) is 19.0 Å². The minimum Gasteiger partial charge on any atom is -0.353 e. The van der Waals surface area contributed by atoms with Gasteiger partial charge >= 0.3 is 0 Å². The van der Waals surface area contributed by atoms with Crippen molar-refractivity contribution in [2.24, 2.45) is 17.6 Å². The Bertz CT molecular complexity index is 259. The Hall–Kier alpha value is -0.570. The van der Waals surface area contributed by atoms with Gasteiger partial charge in [0.25, 0.3) is 0 Å². The van der Waals surface area contributed by atoms with Gasteiger partial charge in [0.1, 0.15) is 0 Å². The van der Waals surface area contributed by atoms with Crippen molar-refractivity contribution >= 4 is 5.91 Å². The van der Waals surface area contributed by atoms with Crippen molar-refractivity contribution in [3.63, 3.8) is 0 Å². The molecule has 0 radical (unpaired) electrons. The van der Waals surface area contributed by atoms with E-state index in [0.717, 1.165) is 5.92 Å². The molecule has 0 aliphatic heterocycles. The largest absolute Gasteiger partial charge is 0.353 e. The standard InChI is InChI=1S/C14H26N2O/c1-10(17)16-14-5-3-2-4-13(14)11-6-8-12(15)9-7-11/h11-14H,2-9,15H2,1H3,(H,16,17)/t11?,12?,13-,14-/m1/s1. The van der Waals surface area contributed by atoms with Crippen LogP contribution in [-0.2, 0) is 4.79 Å². The van der Waals surface area contributed by atoms with Gasteiger partial charge in [0.05, 0.1) is 0 Å². The Morgan fingerprint density at radius 3 is 2.35 bits per heavy atom. The predicted molar refractivity (Wildman–Crippen MR) is 69.5 cm³/mol. The Balaban J connectivity index is 1.93. The number of rotatable bonds is 2. The molecule has 0 aromatic carbocycles. The molecule has 2 fully saturated rings. The molecule has 2 atom stereocenters. The average molecular weight is 238 g/mol. The summed E-state index contributed by atoms with van der Waals surface area (Å²) in [4.78, 5) is 11.3. The average Bonchev–Trinajstić information content (AvgIpc) is 2.30. The second-order valence-corrected chi connectivity index (χ2v) is 5.93. The van der Waals surface area contributed by atoms with E-state index < -0.39 is 0 Å². The summed E-state index contributed by atoms with van der Waals surface area (Å²) < 4.78 is 0. The Morgan fingerprint density at radius 2 is 1.71 bits per heavy atom. The van der Waals surface area contributed by atoms with Crippen molar-refractivity contribution in [1.29, 1.82) is 0 Å². The molecular formula is C14H26N2O. The lowest BCUT2D eigenvalue weighted by Gasteiger charge is -2.40. The summed E-state index contributed by atoms with van der Waals surface area (Å²) in [6, 6.07) is 0.856. The van der Waals surface area contributed by atoms with Crippen LogP contribution in [0.2, 0.25) is 0 Å². The summed E-state index contributed by atoms with van der Waals surface area (Å²) in [5.74, 6) is 1.64. The number of nitrogens with one attached hydrogen (secondary N) is 1. The lowest BCUT2D eigenvalue weighted by Crippen LogP contribution is -2.45. The molecule has 1 amide bonds. The maximum atomic E-state index is 11.3. The highest BCUT2D eigenvalue weighted by molar-refractivity contribution is 5.73. The number of carbonyl (C=O) groups excluding carboxylic acids is 1. The van der Waals surface area contributed by atoms with Crippen LogP contribution >= 0.6 is 0 Å². The number of hydrogen-bond acceptors (Lipinski definition) is 2. The Labute approximate surface area is 105 Å². The molecule has 3 heteroatoms. The highest BCUT2D eigenvalue weighted by Gasteiger charge is 2.33. The molecule has 0 aromatic heterocycles. The fourth-order valence-corrected chi connectivity index (χ4v) is 3.74. The second-order valence-electron chi connectivity index (χ2n) is 5.93. The summed E-state index contributed by atoms with van der Waals surface area (Å²) in [7, 11) is 0. The quantitative estimate of drug-likeness (QED) is 0.775. The summed E-state index contributed by atoms with van der Waals surface area (Å²) in [6.07, 6.45) is 9.96. The zero-order chi connectivity index (χ0) is 12.3. The van der Waals surface area contributed by atoms with E-state index in [2.05, 4.69) is 5.32 Å². The molecule has 0 unspecified atom stereocenters. The summed E-state index contributed by atoms with van der Waals surface area (Å²) in [5, 5.41) is 3.17. The van der Waals surface area contributed by atoms with Crippen LogP contribution in [0, 0.1) is 11.8 Å². The van der Waals surface area contributed by atoms with Crippen LogP contribution in [0.25, 0.3) is 0 Å². The van der Waals surface area contributed by atoms with Crippen LogP contribution in [0.4, 0.5) is 0 Å². The van der Waals surface area contributed by atoms with E-state index in [0.29, 0.717) is 18.0 Å². The highest BCUT2D eigenvalue weighted by Crippen LogP contribution is 2.38. The number of nitrogens with two attached hydrogens (primary N) is 1. The van der Waals surface area contributed by atoms with Crippen molar-refractivity contribution in [3.8, 4) is 0 Å². The van der Waals surface area contributed by atoms with E-state index in [9.17, 15) is 4.79 Å². The molecule has 3 nitrogen and oxygen atoms in total. The molecule has 0 saturated heterocycles. The molecule has 0 heterocycles. The SMILES string of the molecule is CC(=O)N[C@@H]1CCCC[C@@H]1C1CCC(N)CC1. The molecule has 0 bridgehead atoms. The minimum absolute atomic E-state index is 0.134. The van der Waals surface area contributed by atoms with Crippen LogP contribution in [0.1, 0.15) is 58.3 Å². The zero-order valence-corrected chi connectivity index (χ0v) is 11.0. The topological polar surface area (TPSA) is 55.1 Å². The second kappa shape index (κ2) is 5.85. The Kier molecular flexibility index (Phi) is 4.43. The maximum absolute atomic E-state index is 11.3. The van der Waals surface area contributed by atoms with E-state index in [1.807, 2.05) is 0 Å². The first-order valence-corrected chi connectivity index (χ1v) is 7.19. The van der Waals surface area contributed by atoms with Gasteiger partial charge in [-0.1, -0.05) is 12.8 Å². The third kappa shape index (κ3) is 3.44. The maximum Gasteiger partial charge on any atom is 0.217 e. The summed E-state index contributed by atoms with van der Waals surface area (Å²) in [5.41, 5.74) is 5.97. The van der Waals surface area contributed by atoms with Gasteiger partial charge in [0.15, 0.2) is 0 Å². The van der Waals surface area contributed by atoms with Gasteiger partial charge < -0.3 is 11.1 Å². The third-order valence-electron chi connectivity index (χ3n) is 4.63. The lowest BCUT2D eigenvalue weighted by molar-refractivity contribution is -0.120. The molecule has 17 heavy (non-hydrogen) atoms. The van der Waals surface area contributed by atoms with E-state index in [1.54, 1.807) is 6.92 Å². The van der Waals surface area contributed by atoms with Crippen LogP contribution < -0.4 is 11.1 Å². The molecule has 2 rings (SSSR count). The summed E-state index contributed by atoms with van der Waals surface area (Å²) >= 11 is 0. The number of amides is 1. The first-order valence-electron chi connectivity index (χ1n) is 7.19. The van der Waals surface area contributed by atoms with Gasteiger partial charge in [-0.3, -0.25) is 4.79 Å². The summed E-state index contributed by atoms with van der Waals surface area (Å²) in [6.45, 7) is 1.64. The minimum atomic E-state index is 0.134. The number of hydrogen-bond donors (Lipinski definition) is 2. The molecule has 0 aromatic rings. The molecule has 2 aliphatic carbocycles. The van der Waals surface area contributed by atoms with Crippen LogP contribution in [0.15, 0.2) is 0 Å². The molecule has 98 valence electrons. The first-order chi connectivity index (χ1) is 8.16. The lowest BCUT2D eigenvalue weighted by atomic mass is 9.70. The van der Waals surface area contributed by atoms with Crippen LogP contribution in [0.3, 0.4) is 0 Å². The van der Waals surface area contributed by atoms with Gasteiger partial charge in [-0.25, -0.2) is 0 Å². The third-order valence-corrected chi connectivity index (χ3v) is 4.63. The fourth-order valence-electron chi connectivity index (χ4n) is 3.74. The highest BCUT2D eigenvalue weighted by atomic mass is 16.1. The monoisotopic (exact) mass is 238 g/mol. The predicted octanol–water partition coefficient (Wildman–Crippen LogP) is 2.20. The van der Waals surface area contributed by atoms with E-state index in [1.165, 1.54) is 51.4 Å². The first kappa shape index (κ1) is 12.9. The van der Waals surface area contributed by atoms with Gasteiger partial charge in [-0.2, -0.15) is 0 Å². The Morgan fingerprint density at radius 1 is 1.06 bits per heavy atom. The smallest absolute Gasteiger partial charge is 0.217 e. The molecule has 3 N–H and O–H groups in total. The zero-order valence-electron chi connectivity index (χ0n) is 11.0. The van der Waals surface area contributed by atoms with Crippen LogP contribution in [-0.4, -0.2) is 18.0 Å². The van der Waals surface area contributed by atoms with E-state index >= 15 is 0 Å². The van der Waals surface area contributed by atoms with Crippen LogP contribution in [0.5, 0.6) is 0 Å². The molecular weight excluding hydrogens is 212 g/mol. The normalized spacial score (nSPS) is 38.7. The number of carbonyl (C=O) groups is 1. The van der Waals surface area contributed by atoms with Crippen molar-refractivity contribution in [2.45, 2.75) is 70.4 Å².